The second-order valence-electron chi connectivity index (χ2n) is 5.03. The molecular weight excluding hydrogens is 344 g/mol. The van der Waals surface area contributed by atoms with Gasteiger partial charge in [-0.1, -0.05) is 19.1 Å². The van der Waals surface area contributed by atoms with Crippen LogP contribution in [-0.4, -0.2) is 20.5 Å². The predicted molar refractivity (Wildman–Crippen MR) is 94.9 cm³/mol. The van der Waals surface area contributed by atoms with Crippen molar-refractivity contribution in [3.63, 3.8) is 0 Å². The van der Waals surface area contributed by atoms with E-state index in [1.165, 1.54) is 24.3 Å². The Balaban J connectivity index is 2.03. The SMILES string of the molecule is CCc1ccc(OC(=O)Nc2ccc(S(=O)(=O)N=C(N)N)cc2)cc1. The van der Waals surface area contributed by atoms with Crippen molar-refractivity contribution in [3.05, 3.63) is 54.1 Å². The summed E-state index contributed by atoms with van der Waals surface area (Å²) in [5.74, 6) is -0.151. The first-order valence-electron chi connectivity index (χ1n) is 7.34. The first-order valence-corrected chi connectivity index (χ1v) is 8.78. The summed E-state index contributed by atoms with van der Waals surface area (Å²) in [6.07, 6.45) is 0.200. The average molecular weight is 362 g/mol. The van der Waals surface area contributed by atoms with E-state index in [4.69, 9.17) is 16.2 Å². The number of hydrogen-bond acceptors (Lipinski definition) is 4. The van der Waals surface area contributed by atoms with Crippen molar-refractivity contribution in [1.29, 1.82) is 0 Å². The molecule has 0 aliphatic carbocycles. The predicted octanol–water partition coefficient (Wildman–Crippen LogP) is 1.82. The summed E-state index contributed by atoms with van der Waals surface area (Å²) < 4.78 is 31.9. The largest absolute Gasteiger partial charge is 0.417 e. The van der Waals surface area contributed by atoms with Gasteiger partial charge in [0, 0.05) is 5.69 Å². The second-order valence-corrected chi connectivity index (χ2v) is 6.63. The average Bonchev–Trinajstić information content (AvgIpc) is 2.55. The molecule has 9 heteroatoms. The Labute approximate surface area is 145 Å². The number of aryl methyl sites for hydroxylation is 1. The first kappa shape index (κ1) is 18.3. The molecule has 0 bridgehead atoms. The van der Waals surface area contributed by atoms with E-state index >= 15 is 0 Å². The molecule has 0 aliphatic heterocycles. The van der Waals surface area contributed by atoms with Gasteiger partial charge in [0.05, 0.1) is 4.90 Å². The highest BCUT2D eigenvalue weighted by Gasteiger charge is 2.13. The quantitative estimate of drug-likeness (QED) is 0.548. The fourth-order valence-corrected chi connectivity index (χ4v) is 2.81. The van der Waals surface area contributed by atoms with Gasteiger partial charge < -0.3 is 16.2 Å². The molecule has 0 aliphatic rings. The van der Waals surface area contributed by atoms with Crippen LogP contribution in [0.15, 0.2) is 57.8 Å². The molecule has 0 fully saturated rings. The Hall–Kier alpha value is -3.07. The van der Waals surface area contributed by atoms with Crippen molar-refractivity contribution in [3.8, 4) is 5.75 Å². The lowest BCUT2D eigenvalue weighted by molar-refractivity contribution is 0.215. The van der Waals surface area contributed by atoms with Crippen LogP contribution in [0, 0.1) is 0 Å². The molecule has 5 N–H and O–H groups in total. The highest BCUT2D eigenvalue weighted by atomic mass is 32.2. The first-order chi connectivity index (χ1) is 11.8. The molecule has 1 amide bonds. The van der Waals surface area contributed by atoms with E-state index in [-0.39, 0.29) is 4.90 Å². The molecule has 2 rings (SSSR count). The summed E-state index contributed by atoms with van der Waals surface area (Å²) in [5.41, 5.74) is 11.6. The fraction of sp³-hybridized carbons (Fsp3) is 0.125. The number of anilines is 1. The summed E-state index contributed by atoms with van der Waals surface area (Å²) in [4.78, 5) is 11.8. The molecule has 2 aromatic carbocycles. The van der Waals surface area contributed by atoms with E-state index in [1.54, 1.807) is 12.1 Å². The Morgan fingerprint density at radius 1 is 1.08 bits per heavy atom. The van der Waals surface area contributed by atoms with Crippen LogP contribution in [0.2, 0.25) is 0 Å². The van der Waals surface area contributed by atoms with Gasteiger partial charge in [0.2, 0.25) is 5.96 Å². The van der Waals surface area contributed by atoms with Gasteiger partial charge in [-0.05, 0) is 48.4 Å². The number of nitrogens with two attached hydrogens (primary N) is 2. The third-order valence-electron chi connectivity index (χ3n) is 3.17. The van der Waals surface area contributed by atoms with Crippen LogP contribution in [0.1, 0.15) is 12.5 Å². The number of sulfonamides is 1. The van der Waals surface area contributed by atoms with Crippen molar-refractivity contribution in [2.24, 2.45) is 15.9 Å². The summed E-state index contributed by atoms with van der Waals surface area (Å²) in [6, 6.07) is 12.5. The molecule has 132 valence electrons. The van der Waals surface area contributed by atoms with Gasteiger partial charge in [-0.15, -0.1) is 4.40 Å². The minimum Gasteiger partial charge on any atom is -0.410 e. The summed E-state index contributed by atoms with van der Waals surface area (Å²) in [5, 5.41) is 2.50. The van der Waals surface area contributed by atoms with Gasteiger partial charge in [0.1, 0.15) is 5.75 Å². The number of benzene rings is 2. The Bertz CT molecular complexity index is 871. The number of hydrogen-bond donors (Lipinski definition) is 3. The Morgan fingerprint density at radius 2 is 1.68 bits per heavy atom. The third-order valence-corrected chi connectivity index (χ3v) is 4.49. The molecule has 0 aromatic heterocycles. The van der Waals surface area contributed by atoms with E-state index in [2.05, 4.69) is 9.71 Å². The zero-order valence-corrected chi connectivity index (χ0v) is 14.3. The second kappa shape index (κ2) is 7.67. The van der Waals surface area contributed by atoms with Gasteiger partial charge in [0.25, 0.3) is 10.0 Å². The molecular formula is C16H18N4O4S. The van der Waals surface area contributed by atoms with Crippen molar-refractivity contribution in [2.45, 2.75) is 18.2 Å². The maximum atomic E-state index is 11.9. The van der Waals surface area contributed by atoms with E-state index in [0.717, 1.165) is 12.0 Å². The number of carbonyl (C=O) groups excluding carboxylic acids is 1. The smallest absolute Gasteiger partial charge is 0.410 e. The van der Waals surface area contributed by atoms with Crippen LogP contribution in [-0.2, 0) is 16.4 Å². The zero-order chi connectivity index (χ0) is 18.4. The van der Waals surface area contributed by atoms with Crippen LogP contribution in [0.5, 0.6) is 5.75 Å². The molecule has 0 saturated heterocycles. The van der Waals surface area contributed by atoms with Crippen LogP contribution in [0.4, 0.5) is 10.5 Å². The van der Waals surface area contributed by atoms with Crippen LogP contribution in [0.25, 0.3) is 0 Å². The lowest BCUT2D eigenvalue weighted by atomic mass is 10.2. The lowest BCUT2D eigenvalue weighted by Gasteiger charge is -2.07. The van der Waals surface area contributed by atoms with Gasteiger partial charge in [-0.3, -0.25) is 5.32 Å². The lowest BCUT2D eigenvalue weighted by Crippen LogP contribution is -2.24. The standard InChI is InChI=1S/C16H18N4O4S/c1-2-11-3-7-13(8-4-11)24-16(21)19-12-5-9-14(10-6-12)25(22,23)20-15(17)18/h3-10H,2H2,1H3,(H,19,21)(H4,17,18,20). The normalized spacial score (nSPS) is 10.8. The highest BCUT2D eigenvalue weighted by molar-refractivity contribution is 7.90. The van der Waals surface area contributed by atoms with Crippen molar-refractivity contribution in [2.75, 3.05) is 5.32 Å². The van der Waals surface area contributed by atoms with Crippen LogP contribution >= 0.6 is 0 Å². The Morgan fingerprint density at radius 3 is 2.20 bits per heavy atom. The van der Waals surface area contributed by atoms with E-state index in [9.17, 15) is 13.2 Å². The third kappa shape index (κ3) is 5.21. The fourth-order valence-electron chi connectivity index (χ4n) is 1.95. The molecule has 0 spiro atoms. The number of guanidine groups is 1. The Kier molecular flexibility index (Phi) is 5.60. The van der Waals surface area contributed by atoms with E-state index in [1.807, 2.05) is 19.1 Å². The molecule has 8 nitrogen and oxygen atoms in total. The van der Waals surface area contributed by atoms with Crippen LogP contribution < -0.4 is 21.5 Å². The van der Waals surface area contributed by atoms with Crippen molar-refractivity contribution >= 4 is 27.8 Å². The minimum atomic E-state index is -3.97. The summed E-state index contributed by atoms with van der Waals surface area (Å²) in [7, 11) is -3.97. The number of ether oxygens (including phenoxy) is 1. The van der Waals surface area contributed by atoms with Crippen LogP contribution in [0.3, 0.4) is 0 Å². The molecule has 2 aromatic rings. The number of amides is 1. The number of rotatable bonds is 5. The molecule has 0 heterocycles. The van der Waals surface area contributed by atoms with Crippen molar-refractivity contribution < 1.29 is 17.9 Å². The molecule has 0 saturated carbocycles. The summed E-state index contributed by atoms with van der Waals surface area (Å²) >= 11 is 0. The minimum absolute atomic E-state index is 0.102. The molecule has 0 radical (unpaired) electrons. The monoisotopic (exact) mass is 362 g/mol. The maximum Gasteiger partial charge on any atom is 0.417 e. The van der Waals surface area contributed by atoms with Gasteiger partial charge >= 0.3 is 6.09 Å². The van der Waals surface area contributed by atoms with Gasteiger partial charge in [0.15, 0.2) is 0 Å². The zero-order valence-electron chi connectivity index (χ0n) is 13.5. The maximum absolute atomic E-state index is 11.9. The van der Waals surface area contributed by atoms with E-state index in [0.29, 0.717) is 11.4 Å². The topological polar surface area (TPSA) is 137 Å². The number of nitrogens with one attached hydrogen (secondary N) is 1. The highest BCUT2D eigenvalue weighted by Crippen LogP contribution is 2.17. The number of carbonyl (C=O) groups is 1. The number of nitrogens with zero attached hydrogens (tertiary/aromatic N) is 1. The molecule has 0 unspecified atom stereocenters. The molecule has 0 atom stereocenters. The van der Waals surface area contributed by atoms with Crippen molar-refractivity contribution in [1.82, 2.24) is 0 Å². The van der Waals surface area contributed by atoms with E-state index < -0.39 is 22.1 Å². The molecule has 25 heavy (non-hydrogen) atoms. The van der Waals surface area contributed by atoms with Gasteiger partial charge in [-0.2, -0.15) is 8.42 Å². The summed E-state index contributed by atoms with van der Waals surface area (Å²) in [6.45, 7) is 2.03. The van der Waals surface area contributed by atoms with Gasteiger partial charge in [-0.25, -0.2) is 4.79 Å².